The maximum absolute atomic E-state index is 12.3. The number of anilines is 1. The third-order valence-electron chi connectivity index (χ3n) is 3.99. The number of hydrogen-bond donors (Lipinski definition) is 2. The number of rotatable bonds is 11. The van der Waals surface area contributed by atoms with Gasteiger partial charge in [-0.25, -0.2) is 0 Å². The van der Waals surface area contributed by atoms with Crippen molar-refractivity contribution in [2.24, 2.45) is 5.92 Å². The van der Waals surface area contributed by atoms with Crippen LogP contribution in [-0.4, -0.2) is 53.5 Å². The van der Waals surface area contributed by atoms with Gasteiger partial charge in [-0.1, -0.05) is 27.7 Å². The van der Waals surface area contributed by atoms with Gasteiger partial charge in [0.2, 0.25) is 5.88 Å². The van der Waals surface area contributed by atoms with Crippen LogP contribution in [0.3, 0.4) is 0 Å². The van der Waals surface area contributed by atoms with Crippen LogP contribution in [0.2, 0.25) is 0 Å². The number of carbonyl (C=O) groups excluding carboxylic acids is 3. The van der Waals surface area contributed by atoms with Gasteiger partial charge in [-0.3, -0.25) is 14.4 Å². The molecule has 28 heavy (non-hydrogen) atoms. The van der Waals surface area contributed by atoms with Gasteiger partial charge < -0.3 is 15.3 Å². The van der Waals surface area contributed by atoms with Crippen molar-refractivity contribution in [1.82, 2.24) is 15.1 Å². The van der Waals surface area contributed by atoms with E-state index in [4.69, 9.17) is 0 Å². The molecule has 0 saturated heterocycles. The highest BCUT2D eigenvalue weighted by molar-refractivity contribution is 6.14. The molecule has 8 nitrogen and oxygen atoms in total. The zero-order valence-electron chi connectivity index (χ0n) is 17.2. The highest BCUT2D eigenvalue weighted by Crippen LogP contribution is 2.29. The number of aryl methyl sites for hydroxylation is 1. The molecule has 1 heterocycles. The normalized spacial score (nSPS) is 12.2. The molecular weight excluding hydrogens is 360 g/mol. The molecule has 0 aliphatic rings. The molecule has 0 aliphatic heterocycles. The molecule has 1 rings (SSSR count). The second-order valence-electron chi connectivity index (χ2n) is 6.83. The van der Waals surface area contributed by atoms with Crippen LogP contribution in [0.25, 0.3) is 12.0 Å². The first-order chi connectivity index (χ1) is 13.3. The number of carbonyl (C=O) groups is 3. The molecule has 1 amide bonds. The summed E-state index contributed by atoms with van der Waals surface area (Å²) in [6.45, 7) is 8.90. The number of allylic oxidation sites excluding steroid dienone is 1. The van der Waals surface area contributed by atoms with Crippen LogP contribution in [0.1, 0.15) is 45.4 Å². The molecule has 0 unspecified atom stereocenters. The summed E-state index contributed by atoms with van der Waals surface area (Å²) >= 11 is 0. The van der Waals surface area contributed by atoms with E-state index in [1.807, 2.05) is 39.6 Å². The Hall–Kier alpha value is -2.90. The first-order valence-electron chi connectivity index (χ1n) is 9.44. The molecule has 0 fully saturated rings. The Bertz CT molecular complexity index is 763. The molecule has 0 saturated carbocycles. The van der Waals surface area contributed by atoms with Gasteiger partial charge in [0.1, 0.15) is 17.7 Å². The number of amides is 1. The van der Waals surface area contributed by atoms with E-state index in [1.165, 1.54) is 10.8 Å². The summed E-state index contributed by atoms with van der Waals surface area (Å²) < 4.78 is 1.20. The summed E-state index contributed by atoms with van der Waals surface area (Å²) in [5.41, 5.74) is 0.890. The highest BCUT2D eigenvalue weighted by atomic mass is 16.3. The summed E-state index contributed by atoms with van der Waals surface area (Å²) in [6, 6.07) is 0. The van der Waals surface area contributed by atoms with E-state index < -0.39 is 17.4 Å². The van der Waals surface area contributed by atoms with Crippen molar-refractivity contribution in [3.05, 3.63) is 22.9 Å². The number of aliphatic hydroxyl groups excluding tert-OH is 1. The van der Waals surface area contributed by atoms with Gasteiger partial charge in [-0.15, -0.1) is 0 Å². The first kappa shape index (κ1) is 23.1. The first-order valence-corrected chi connectivity index (χ1v) is 9.44. The predicted octanol–water partition coefficient (Wildman–Crippen LogP) is 2.20. The number of nitrogens with one attached hydrogen (secondary N) is 1. The number of aldehydes is 2. The van der Waals surface area contributed by atoms with E-state index in [9.17, 15) is 19.5 Å². The molecule has 2 N–H and O–H groups in total. The third-order valence-corrected chi connectivity index (χ3v) is 3.99. The van der Waals surface area contributed by atoms with Gasteiger partial charge in [0.15, 0.2) is 6.29 Å². The minimum absolute atomic E-state index is 0.311. The fourth-order valence-corrected chi connectivity index (χ4v) is 2.84. The molecular formula is C20H30N4O4. The monoisotopic (exact) mass is 390 g/mol. The van der Waals surface area contributed by atoms with Crippen molar-refractivity contribution < 1.29 is 19.5 Å². The van der Waals surface area contributed by atoms with Gasteiger partial charge in [0, 0.05) is 25.7 Å². The average Bonchev–Trinajstić information content (AvgIpc) is 3.03. The van der Waals surface area contributed by atoms with Gasteiger partial charge in [0.25, 0.3) is 5.91 Å². The standard InChI is InChI=1S/C20H30N4O4/c1-6-10-21-18(27)16(13-26)20(28)24-19(23(5)12-14(3)4)15(9-8-11-25)17(7-2)22-24/h8-9,11,13-14,28H,6-7,10,12H2,1-5H3,(H,21,27)/b9-8+,20-16-. The van der Waals surface area contributed by atoms with Crippen molar-refractivity contribution in [2.75, 3.05) is 25.0 Å². The van der Waals surface area contributed by atoms with Crippen molar-refractivity contribution >= 4 is 36.3 Å². The van der Waals surface area contributed by atoms with Crippen molar-refractivity contribution in [1.29, 1.82) is 0 Å². The van der Waals surface area contributed by atoms with Crippen LogP contribution < -0.4 is 10.2 Å². The van der Waals surface area contributed by atoms with Gasteiger partial charge >= 0.3 is 0 Å². The summed E-state index contributed by atoms with van der Waals surface area (Å²) in [6.07, 6.45) is 5.19. The Morgan fingerprint density at radius 2 is 2.00 bits per heavy atom. The Morgan fingerprint density at radius 1 is 1.32 bits per heavy atom. The molecule has 8 heteroatoms. The van der Waals surface area contributed by atoms with E-state index in [-0.39, 0.29) is 0 Å². The molecule has 1 aromatic heterocycles. The minimum atomic E-state index is -0.662. The highest BCUT2D eigenvalue weighted by Gasteiger charge is 2.25. The van der Waals surface area contributed by atoms with Crippen LogP contribution in [-0.2, 0) is 20.8 Å². The maximum Gasteiger partial charge on any atom is 0.260 e. The van der Waals surface area contributed by atoms with Crippen LogP contribution in [0.15, 0.2) is 11.6 Å². The minimum Gasteiger partial charge on any atom is -0.493 e. The van der Waals surface area contributed by atoms with Gasteiger partial charge in [0.05, 0.1) is 5.69 Å². The topological polar surface area (TPSA) is 105 Å². The van der Waals surface area contributed by atoms with Crippen LogP contribution >= 0.6 is 0 Å². The van der Waals surface area contributed by atoms with Crippen LogP contribution in [0.5, 0.6) is 0 Å². The summed E-state index contributed by atoms with van der Waals surface area (Å²) in [7, 11) is 1.83. The number of aliphatic hydroxyl groups is 1. The second-order valence-corrected chi connectivity index (χ2v) is 6.83. The molecule has 0 atom stereocenters. The lowest BCUT2D eigenvalue weighted by Gasteiger charge is -2.23. The molecule has 0 aliphatic carbocycles. The zero-order chi connectivity index (χ0) is 21.3. The fourth-order valence-electron chi connectivity index (χ4n) is 2.84. The summed E-state index contributed by atoms with van der Waals surface area (Å²) in [5, 5.41) is 17.7. The van der Waals surface area contributed by atoms with Crippen LogP contribution in [0.4, 0.5) is 5.82 Å². The van der Waals surface area contributed by atoms with Crippen molar-refractivity contribution in [2.45, 2.75) is 40.5 Å². The Labute approximate surface area is 165 Å². The second kappa shape index (κ2) is 11.1. The predicted molar refractivity (Wildman–Crippen MR) is 110 cm³/mol. The Balaban J connectivity index is 3.66. The molecule has 0 aromatic carbocycles. The van der Waals surface area contributed by atoms with Gasteiger partial charge in [-0.05, 0) is 30.9 Å². The van der Waals surface area contributed by atoms with E-state index in [1.54, 1.807) is 6.08 Å². The number of nitrogens with zero attached hydrogens (tertiary/aromatic N) is 3. The smallest absolute Gasteiger partial charge is 0.260 e. The number of aromatic nitrogens is 2. The zero-order valence-corrected chi connectivity index (χ0v) is 17.2. The van der Waals surface area contributed by atoms with E-state index >= 15 is 0 Å². The lowest BCUT2D eigenvalue weighted by Crippen LogP contribution is -2.29. The Morgan fingerprint density at radius 3 is 2.50 bits per heavy atom. The quantitative estimate of drug-likeness (QED) is 0.197. The molecule has 154 valence electrons. The maximum atomic E-state index is 12.3. The molecule has 0 spiro atoms. The lowest BCUT2D eigenvalue weighted by atomic mass is 10.1. The Kier molecular flexibility index (Phi) is 9.14. The lowest BCUT2D eigenvalue weighted by molar-refractivity contribution is -0.119. The molecule has 1 aromatic rings. The third kappa shape index (κ3) is 5.55. The molecule has 0 bridgehead atoms. The molecule has 0 radical (unpaired) electrons. The SMILES string of the molecule is CCCNC(=O)/C(C=O)=C(\O)n1nc(CC)c(/C=C/C=O)c1N(C)CC(C)C. The van der Waals surface area contributed by atoms with E-state index in [0.29, 0.717) is 61.5 Å². The largest absolute Gasteiger partial charge is 0.493 e. The summed E-state index contributed by atoms with van der Waals surface area (Å²) in [4.78, 5) is 36.5. The van der Waals surface area contributed by atoms with E-state index in [2.05, 4.69) is 10.4 Å². The number of hydrogen-bond acceptors (Lipinski definition) is 6. The average molecular weight is 390 g/mol. The van der Waals surface area contributed by atoms with Crippen molar-refractivity contribution in [3.8, 4) is 0 Å². The van der Waals surface area contributed by atoms with Crippen LogP contribution in [0, 0.1) is 5.92 Å². The fraction of sp³-hybridized carbons (Fsp3) is 0.500. The van der Waals surface area contributed by atoms with E-state index in [0.717, 1.165) is 0 Å². The van der Waals surface area contributed by atoms with Crippen molar-refractivity contribution in [3.63, 3.8) is 0 Å². The summed E-state index contributed by atoms with van der Waals surface area (Å²) in [5.74, 6) is -0.394. The van der Waals surface area contributed by atoms with Gasteiger partial charge in [-0.2, -0.15) is 9.78 Å².